The Balaban J connectivity index is 2.60. The fourth-order valence-electron chi connectivity index (χ4n) is 1.50. The highest BCUT2D eigenvalue weighted by atomic mass is 79.9. The van der Waals surface area contributed by atoms with Gasteiger partial charge in [-0.2, -0.15) is 0 Å². The lowest BCUT2D eigenvalue weighted by atomic mass is 9.97. The molecule has 0 saturated carbocycles. The highest BCUT2D eigenvalue weighted by Crippen LogP contribution is 2.39. The Hall–Kier alpha value is -0.390. The smallest absolute Gasteiger partial charge is 0.283 e. The van der Waals surface area contributed by atoms with Crippen LogP contribution in [0.1, 0.15) is 18.1 Å². The first kappa shape index (κ1) is 11.1. The van der Waals surface area contributed by atoms with Crippen LogP contribution in [0.25, 0.3) is 0 Å². The Morgan fingerprint density at radius 3 is 2.73 bits per heavy atom. The predicted molar refractivity (Wildman–Crippen MR) is 65.3 cm³/mol. The Morgan fingerprint density at radius 1 is 1.40 bits per heavy atom. The zero-order valence-electron chi connectivity index (χ0n) is 7.95. The molecule has 0 saturated heterocycles. The van der Waals surface area contributed by atoms with Gasteiger partial charge in [-0.1, -0.05) is 61.3 Å². The van der Waals surface area contributed by atoms with Gasteiger partial charge in [0.2, 0.25) is 0 Å². The summed E-state index contributed by atoms with van der Waals surface area (Å²) in [5.41, 5.74) is 2.36. The molecule has 1 aromatic carbocycles. The molecule has 1 aromatic rings. The molecule has 0 radical (unpaired) electrons. The summed E-state index contributed by atoms with van der Waals surface area (Å²) in [6, 6.07) is 7.49. The molecule has 0 fully saturated rings. The number of aliphatic hydroxyl groups is 1. The fourth-order valence-corrected chi connectivity index (χ4v) is 2.17. The van der Waals surface area contributed by atoms with Crippen molar-refractivity contribution >= 4 is 37.6 Å². The number of benzene rings is 1. The molecule has 2 rings (SSSR count). The molecule has 1 heterocycles. The zero-order valence-corrected chi connectivity index (χ0v) is 11.1. The van der Waals surface area contributed by atoms with Gasteiger partial charge in [0.15, 0.2) is 0 Å². The van der Waals surface area contributed by atoms with Crippen LogP contribution in [-0.2, 0) is 10.6 Å². The van der Waals surface area contributed by atoms with Crippen molar-refractivity contribution in [1.29, 1.82) is 0 Å². The summed E-state index contributed by atoms with van der Waals surface area (Å²) < 4.78 is -0.421. The van der Waals surface area contributed by atoms with Crippen LogP contribution in [0.5, 0.6) is 0 Å². The van der Waals surface area contributed by atoms with Gasteiger partial charge >= 0.3 is 0 Å². The maximum absolute atomic E-state index is 10.3. The van der Waals surface area contributed by atoms with E-state index in [0.29, 0.717) is 5.56 Å². The molecule has 0 aromatic heterocycles. The van der Waals surface area contributed by atoms with Crippen LogP contribution in [0, 0.1) is 0 Å². The molecule has 3 nitrogen and oxygen atoms in total. The number of alkyl halides is 2. The summed E-state index contributed by atoms with van der Waals surface area (Å²) in [7, 11) is 0. The van der Waals surface area contributed by atoms with Crippen LogP contribution < -0.4 is 0 Å². The van der Waals surface area contributed by atoms with Crippen LogP contribution in [-0.4, -0.2) is 14.6 Å². The zero-order chi connectivity index (χ0) is 11.1. The minimum absolute atomic E-state index is 0.421. The minimum Gasteiger partial charge on any atom is -0.353 e. The number of rotatable bonds is 1. The van der Waals surface area contributed by atoms with Crippen molar-refractivity contribution in [2.45, 2.75) is 16.4 Å². The number of fused-ring (bicyclic) bond motifs is 1. The van der Waals surface area contributed by atoms with Gasteiger partial charge < -0.3 is 9.94 Å². The second-order valence-corrected chi connectivity index (χ2v) is 6.37. The second-order valence-electron chi connectivity index (χ2n) is 3.31. The Labute approximate surface area is 104 Å². The Morgan fingerprint density at radius 2 is 2.07 bits per heavy atom. The summed E-state index contributed by atoms with van der Waals surface area (Å²) in [6.45, 7) is 1.84. The molecule has 1 aliphatic heterocycles. The number of hydrogen-bond donors (Lipinski definition) is 1. The van der Waals surface area contributed by atoms with Crippen molar-refractivity contribution in [3.8, 4) is 0 Å². The van der Waals surface area contributed by atoms with Gasteiger partial charge in [-0.25, -0.2) is 0 Å². The largest absolute Gasteiger partial charge is 0.353 e. The lowest BCUT2D eigenvalue weighted by Gasteiger charge is -2.32. The second kappa shape index (κ2) is 3.88. The van der Waals surface area contributed by atoms with Gasteiger partial charge in [0.25, 0.3) is 5.79 Å². The van der Waals surface area contributed by atoms with Crippen LogP contribution in [0.15, 0.2) is 29.4 Å². The van der Waals surface area contributed by atoms with Crippen molar-refractivity contribution in [2.75, 3.05) is 0 Å². The van der Waals surface area contributed by atoms with E-state index in [1.165, 1.54) is 0 Å². The van der Waals surface area contributed by atoms with Gasteiger partial charge in [0.1, 0.15) is 3.74 Å². The van der Waals surface area contributed by atoms with E-state index in [2.05, 4.69) is 37.0 Å². The highest BCUT2D eigenvalue weighted by Gasteiger charge is 2.43. The topological polar surface area (TPSA) is 41.8 Å². The van der Waals surface area contributed by atoms with Crippen molar-refractivity contribution in [1.82, 2.24) is 0 Å². The maximum Gasteiger partial charge on any atom is 0.283 e. The van der Waals surface area contributed by atoms with Crippen LogP contribution in [0.3, 0.4) is 0 Å². The summed E-state index contributed by atoms with van der Waals surface area (Å²) in [4.78, 5) is 5.12. The van der Waals surface area contributed by atoms with Gasteiger partial charge in [0.05, 0.1) is 5.71 Å². The van der Waals surface area contributed by atoms with E-state index >= 15 is 0 Å². The third kappa shape index (κ3) is 1.73. The van der Waals surface area contributed by atoms with Gasteiger partial charge in [0, 0.05) is 11.1 Å². The average Bonchev–Trinajstić information content (AvgIpc) is 2.24. The quantitative estimate of drug-likeness (QED) is 0.802. The minimum atomic E-state index is -1.46. The standard InChI is InChI=1S/C10H9Br2NO2/c1-6-7-4-2-3-5-8(7)10(14,9(11)12)15-13-6/h2-5,9,14H,1H3. The van der Waals surface area contributed by atoms with E-state index in [-0.39, 0.29) is 0 Å². The van der Waals surface area contributed by atoms with Crippen molar-refractivity contribution in [3.63, 3.8) is 0 Å². The molecular weight excluding hydrogens is 326 g/mol. The van der Waals surface area contributed by atoms with Gasteiger partial charge in [-0.3, -0.25) is 0 Å². The van der Waals surface area contributed by atoms with Crippen LogP contribution in [0.4, 0.5) is 0 Å². The van der Waals surface area contributed by atoms with E-state index in [1.54, 1.807) is 0 Å². The molecule has 0 bridgehead atoms. The first-order chi connectivity index (χ1) is 7.05. The molecular formula is C10H9Br2NO2. The summed E-state index contributed by atoms with van der Waals surface area (Å²) in [5.74, 6) is -1.46. The molecule has 0 aliphatic carbocycles. The molecule has 0 amide bonds. The fraction of sp³-hybridized carbons (Fsp3) is 0.300. The SMILES string of the molecule is CC1=NOC(O)(C(Br)Br)c2ccccc21. The van der Waals surface area contributed by atoms with E-state index in [0.717, 1.165) is 11.3 Å². The molecule has 1 N–H and O–H groups in total. The van der Waals surface area contributed by atoms with Crippen molar-refractivity contribution in [2.24, 2.45) is 5.16 Å². The average molecular weight is 335 g/mol. The lowest BCUT2D eigenvalue weighted by Crippen LogP contribution is -2.38. The normalized spacial score (nSPS) is 24.5. The first-order valence-corrected chi connectivity index (χ1v) is 6.22. The number of hydrogen-bond acceptors (Lipinski definition) is 3. The van der Waals surface area contributed by atoms with E-state index in [9.17, 15) is 5.11 Å². The number of oxime groups is 1. The Kier molecular flexibility index (Phi) is 2.87. The highest BCUT2D eigenvalue weighted by molar-refractivity contribution is 9.24. The van der Waals surface area contributed by atoms with Crippen LogP contribution >= 0.6 is 31.9 Å². The molecule has 0 spiro atoms. The number of halogens is 2. The summed E-state index contributed by atoms with van der Waals surface area (Å²) in [5, 5.41) is 14.1. The lowest BCUT2D eigenvalue weighted by molar-refractivity contribution is -0.201. The molecule has 1 aliphatic rings. The summed E-state index contributed by atoms with van der Waals surface area (Å²) in [6.07, 6.45) is 0. The van der Waals surface area contributed by atoms with Crippen molar-refractivity contribution in [3.05, 3.63) is 35.4 Å². The third-order valence-corrected chi connectivity index (χ3v) is 3.56. The van der Waals surface area contributed by atoms with E-state index in [1.807, 2.05) is 31.2 Å². The monoisotopic (exact) mass is 333 g/mol. The third-order valence-electron chi connectivity index (χ3n) is 2.32. The maximum atomic E-state index is 10.3. The summed E-state index contributed by atoms with van der Waals surface area (Å²) >= 11 is 6.51. The molecule has 1 unspecified atom stereocenters. The first-order valence-electron chi connectivity index (χ1n) is 4.39. The van der Waals surface area contributed by atoms with Crippen LogP contribution in [0.2, 0.25) is 0 Å². The molecule has 15 heavy (non-hydrogen) atoms. The van der Waals surface area contributed by atoms with Gasteiger partial charge in [-0.05, 0) is 6.92 Å². The van der Waals surface area contributed by atoms with Crippen molar-refractivity contribution < 1.29 is 9.94 Å². The molecule has 5 heteroatoms. The van der Waals surface area contributed by atoms with E-state index < -0.39 is 9.52 Å². The predicted octanol–water partition coefficient (Wildman–Crippen LogP) is 2.70. The number of nitrogens with zero attached hydrogens (tertiary/aromatic N) is 1. The van der Waals surface area contributed by atoms with E-state index in [4.69, 9.17) is 4.84 Å². The van der Waals surface area contributed by atoms with Gasteiger partial charge in [-0.15, -0.1) is 0 Å². The molecule has 1 atom stereocenters. The molecule has 80 valence electrons. The Bertz CT molecular complexity index is 420.